The van der Waals surface area contributed by atoms with Crippen molar-refractivity contribution in [3.8, 4) is 0 Å². The fourth-order valence-electron chi connectivity index (χ4n) is 2.94. The second kappa shape index (κ2) is 8.52. The van der Waals surface area contributed by atoms with E-state index in [0.717, 1.165) is 29.1 Å². The standard InChI is InChI=1S/C21H24N2O2S/c1-4-5-6-10-17-16-9-7-8-11-19(16)26-20-13-12-15(14-18(20)22-17)21(24)23(2)25-3/h7-9,11-14H,4-6,10H2,1-3H3. The summed E-state index contributed by atoms with van der Waals surface area (Å²) in [6.45, 7) is 2.21. The van der Waals surface area contributed by atoms with Gasteiger partial charge in [0.1, 0.15) is 0 Å². The summed E-state index contributed by atoms with van der Waals surface area (Å²) in [6, 6.07) is 14.1. The molecule has 26 heavy (non-hydrogen) atoms. The van der Waals surface area contributed by atoms with Crippen LogP contribution in [0.2, 0.25) is 0 Å². The van der Waals surface area contributed by atoms with Gasteiger partial charge in [-0.3, -0.25) is 14.6 Å². The van der Waals surface area contributed by atoms with Crippen molar-refractivity contribution in [2.24, 2.45) is 4.99 Å². The highest BCUT2D eigenvalue weighted by molar-refractivity contribution is 7.99. The minimum atomic E-state index is -0.176. The Morgan fingerprint density at radius 3 is 2.73 bits per heavy atom. The van der Waals surface area contributed by atoms with Gasteiger partial charge in [0.05, 0.1) is 12.8 Å². The fraction of sp³-hybridized carbons (Fsp3) is 0.333. The Labute approximate surface area is 159 Å². The van der Waals surface area contributed by atoms with Crippen molar-refractivity contribution < 1.29 is 9.63 Å². The summed E-state index contributed by atoms with van der Waals surface area (Å²) < 4.78 is 0. The molecular formula is C21H24N2O2S. The summed E-state index contributed by atoms with van der Waals surface area (Å²) in [5.74, 6) is -0.176. The normalized spacial score (nSPS) is 12.7. The van der Waals surface area contributed by atoms with Gasteiger partial charge >= 0.3 is 0 Å². The second-order valence-corrected chi connectivity index (χ2v) is 7.37. The summed E-state index contributed by atoms with van der Waals surface area (Å²) >= 11 is 1.71. The second-order valence-electron chi connectivity index (χ2n) is 6.28. The molecule has 0 aromatic heterocycles. The predicted octanol–water partition coefficient (Wildman–Crippen LogP) is 5.49. The summed E-state index contributed by atoms with van der Waals surface area (Å²) in [7, 11) is 3.09. The SMILES string of the molecule is CCCCCC1=Nc2cc(C(=O)N(C)OC)ccc2Sc2ccccc21. The van der Waals surface area contributed by atoms with Gasteiger partial charge in [-0.25, -0.2) is 5.06 Å². The molecule has 0 saturated carbocycles. The maximum Gasteiger partial charge on any atom is 0.277 e. The van der Waals surface area contributed by atoms with Gasteiger partial charge in [-0.15, -0.1) is 0 Å². The molecule has 1 aliphatic rings. The average Bonchev–Trinajstić information content (AvgIpc) is 2.83. The number of carbonyl (C=O) groups excluding carboxylic acids is 1. The third-order valence-electron chi connectivity index (χ3n) is 4.46. The minimum absolute atomic E-state index is 0.176. The van der Waals surface area contributed by atoms with Crippen LogP contribution in [0.5, 0.6) is 0 Å². The molecule has 0 N–H and O–H groups in total. The number of benzene rings is 2. The van der Waals surface area contributed by atoms with Crippen molar-refractivity contribution in [3.63, 3.8) is 0 Å². The number of hydroxylamine groups is 2. The summed E-state index contributed by atoms with van der Waals surface area (Å²) in [5, 5.41) is 1.23. The predicted molar refractivity (Wildman–Crippen MR) is 106 cm³/mol. The summed E-state index contributed by atoms with van der Waals surface area (Å²) in [6.07, 6.45) is 4.44. The molecule has 0 saturated heterocycles. The molecule has 0 atom stereocenters. The molecule has 3 rings (SSSR count). The zero-order valence-corrected chi connectivity index (χ0v) is 16.3. The average molecular weight is 369 g/mol. The van der Waals surface area contributed by atoms with E-state index in [1.807, 2.05) is 18.2 Å². The molecule has 4 nitrogen and oxygen atoms in total. The van der Waals surface area contributed by atoms with Gasteiger partial charge in [-0.1, -0.05) is 49.7 Å². The number of hydrogen-bond acceptors (Lipinski definition) is 4. The Bertz CT molecular complexity index is 833. The van der Waals surface area contributed by atoms with Crippen LogP contribution >= 0.6 is 11.8 Å². The molecule has 1 aliphatic heterocycles. The number of nitrogens with zero attached hydrogens (tertiary/aromatic N) is 2. The van der Waals surface area contributed by atoms with Crippen LogP contribution in [0.15, 0.2) is 57.2 Å². The number of carbonyl (C=O) groups is 1. The Morgan fingerprint density at radius 1 is 1.15 bits per heavy atom. The Balaban J connectivity index is 2.02. The van der Waals surface area contributed by atoms with Gasteiger partial charge in [-0.2, -0.15) is 0 Å². The van der Waals surface area contributed by atoms with E-state index in [-0.39, 0.29) is 5.91 Å². The Hall–Kier alpha value is -2.11. The van der Waals surface area contributed by atoms with Gasteiger partial charge in [-0.05, 0) is 37.1 Å². The molecular weight excluding hydrogens is 344 g/mol. The van der Waals surface area contributed by atoms with Gasteiger partial charge in [0.25, 0.3) is 5.91 Å². The highest BCUT2D eigenvalue weighted by Crippen LogP contribution is 2.41. The van der Waals surface area contributed by atoms with Crippen molar-refractivity contribution in [2.45, 2.75) is 42.4 Å². The first-order valence-electron chi connectivity index (χ1n) is 8.95. The smallest absolute Gasteiger partial charge is 0.274 e. The van der Waals surface area contributed by atoms with Crippen molar-refractivity contribution in [3.05, 3.63) is 53.6 Å². The van der Waals surface area contributed by atoms with E-state index in [0.29, 0.717) is 5.56 Å². The van der Waals surface area contributed by atoms with Crippen LogP contribution in [0.4, 0.5) is 5.69 Å². The summed E-state index contributed by atoms with van der Waals surface area (Å²) in [4.78, 5) is 24.7. The highest BCUT2D eigenvalue weighted by Gasteiger charge is 2.19. The molecule has 0 radical (unpaired) electrons. The lowest BCUT2D eigenvalue weighted by Gasteiger charge is -2.14. The molecule has 136 valence electrons. The first-order chi connectivity index (χ1) is 12.6. The zero-order chi connectivity index (χ0) is 18.5. The number of fused-ring (bicyclic) bond motifs is 2. The molecule has 0 spiro atoms. The van der Waals surface area contributed by atoms with Crippen LogP contribution in [0.1, 0.15) is 48.5 Å². The Morgan fingerprint density at radius 2 is 1.96 bits per heavy atom. The Kier molecular flexibility index (Phi) is 6.12. The molecule has 0 bridgehead atoms. The maximum atomic E-state index is 12.4. The third-order valence-corrected chi connectivity index (χ3v) is 5.60. The van der Waals surface area contributed by atoms with E-state index in [1.165, 1.54) is 35.5 Å². The van der Waals surface area contributed by atoms with E-state index >= 15 is 0 Å². The zero-order valence-electron chi connectivity index (χ0n) is 15.5. The maximum absolute atomic E-state index is 12.4. The lowest BCUT2D eigenvalue weighted by Crippen LogP contribution is -2.25. The lowest BCUT2D eigenvalue weighted by atomic mass is 10.0. The topological polar surface area (TPSA) is 41.9 Å². The molecule has 0 aliphatic carbocycles. The van der Waals surface area contributed by atoms with Crippen LogP contribution in [0.3, 0.4) is 0 Å². The number of unbranched alkanes of at least 4 members (excludes halogenated alkanes) is 2. The minimum Gasteiger partial charge on any atom is -0.274 e. The van der Waals surface area contributed by atoms with Gasteiger partial charge < -0.3 is 0 Å². The van der Waals surface area contributed by atoms with E-state index in [1.54, 1.807) is 18.8 Å². The van der Waals surface area contributed by atoms with Crippen molar-refractivity contribution >= 4 is 29.1 Å². The number of aliphatic imine (C=N–C) groups is 1. The van der Waals surface area contributed by atoms with E-state index in [2.05, 4.69) is 31.2 Å². The molecule has 1 heterocycles. The van der Waals surface area contributed by atoms with Crippen LogP contribution in [-0.2, 0) is 4.84 Å². The van der Waals surface area contributed by atoms with Crippen LogP contribution in [0, 0.1) is 0 Å². The molecule has 2 aromatic rings. The lowest BCUT2D eigenvalue weighted by molar-refractivity contribution is -0.0756. The number of amides is 1. The van der Waals surface area contributed by atoms with E-state index in [4.69, 9.17) is 9.83 Å². The van der Waals surface area contributed by atoms with Gasteiger partial charge in [0.2, 0.25) is 0 Å². The van der Waals surface area contributed by atoms with Crippen molar-refractivity contribution in [1.82, 2.24) is 5.06 Å². The monoisotopic (exact) mass is 368 g/mol. The molecule has 5 heteroatoms. The molecule has 0 unspecified atom stereocenters. The fourth-order valence-corrected chi connectivity index (χ4v) is 3.96. The molecule has 2 aromatic carbocycles. The van der Waals surface area contributed by atoms with Gasteiger partial charge in [0, 0.05) is 33.7 Å². The van der Waals surface area contributed by atoms with Gasteiger partial charge in [0.15, 0.2) is 0 Å². The van der Waals surface area contributed by atoms with Crippen LogP contribution in [0.25, 0.3) is 0 Å². The van der Waals surface area contributed by atoms with Crippen LogP contribution in [-0.4, -0.2) is 30.8 Å². The molecule has 1 amide bonds. The quantitative estimate of drug-likeness (QED) is 0.500. The first kappa shape index (κ1) is 18.7. The van der Waals surface area contributed by atoms with Crippen molar-refractivity contribution in [2.75, 3.05) is 14.2 Å². The number of rotatable bonds is 6. The van der Waals surface area contributed by atoms with Crippen LogP contribution < -0.4 is 0 Å². The summed E-state index contributed by atoms with van der Waals surface area (Å²) in [5.41, 5.74) is 3.74. The number of hydrogen-bond donors (Lipinski definition) is 0. The van der Waals surface area contributed by atoms with E-state index < -0.39 is 0 Å². The third kappa shape index (κ3) is 4.00. The highest BCUT2D eigenvalue weighted by atomic mass is 32.2. The first-order valence-corrected chi connectivity index (χ1v) is 9.76. The van der Waals surface area contributed by atoms with E-state index in [9.17, 15) is 4.79 Å². The molecule has 0 fully saturated rings. The largest absolute Gasteiger partial charge is 0.277 e. The van der Waals surface area contributed by atoms with Crippen molar-refractivity contribution in [1.29, 1.82) is 0 Å².